The van der Waals surface area contributed by atoms with Crippen LogP contribution in [-0.2, 0) is 12.8 Å². The van der Waals surface area contributed by atoms with E-state index in [1.807, 2.05) is 30.3 Å². The van der Waals surface area contributed by atoms with Crippen LogP contribution in [0.2, 0.25) is 0 Å². The number of rotatable bonds is 11. The van der Waals surface area contributed by atoms with Gasteiger partial charge in [0.25, 0.3) is 0 Å². The summed E-state index contributed by atoms with van der Waals surface area (Å²) in [6.45, 7) is -0.00639. The number of halogens is 3. The summed E-state index contributed by atoms with van der Waals surface area (Å²) in [4.78, 5) is 4.51. The number of ether oxygens (including phenoxy) is 2. The Morgan fingerprint density at radius 1 is 0.857 bits per heavy atom. The molecule has 0 fully saturated rings. The Morgan fingerprint density at radius 2 is 1.66 bits per heavy atom. The molecule has 0 atom stereocenters. The van der Waals surface area contributed by atoms with Gasteiger partial charge in [0.1, 0.15) is 17.3 Å². The predicted molar refractivity (Wildman–Crippen MR) is 133 cm³/mol. The zero-order valence-electron chi connectivity index (χ0n) is 19.6. The molecule has 0 bridgehead atoms. The molecule has 1 heterocycles. The van der Waals surface area contributed by atoms with E-state index >= 15 is 4.39 Å². The first-order valence-corrected chi connectivity index (χ1v) is 11.9. The average Bonchev–Trinajstić information content (AvgIpc) is 2.87. The van der Waals surface area contributed by atoms with E-state index in [0.29, 0.717) is 30.4 Å². The number of nitrogens with zero attached hydrogens (tertiary/aromatic N) is 1. The lowest BCUT2D eigenvalue weighted by Crippen LogP contribution is -2.02. The second-order valence-electron chi connectivity index (χ2n) is 8.43. The fourth-order valence-electron chi connectivity index (χ4n) is 3.98. The molecule has 4 rings (SSSR count). The van der Waals surface area contributed by atoms with Crippen molar-refractivity contribution >= 4 is 10.8 Å². The smallest absolute Gasteiger partial charge is 0.387 e. The van der Waals surface area contributed by atoms with E-state index in [2.05, 4.69) is 16.6 Å². The number of aryl methyl sites for hydroxylation is 2. The van der Waals surface area contributed by atoms with E-state index in [4.69, 9.17) is 4.74 Å². The summed E-state index contributed by atoms with van der Waals surface area (Å²) in [6, 6.07) is 19.6. The van der Waals surface area contributed by atoms with Crippen molar-refractivity contribution in [3.8, 4) is 22.8 Å². The van der Waals surface area contributed by atoms with Crippen molar-refractivity contribution in [2.45, 2.75) is 45.6 Å². The first-order valence-electron chi connectivity index (χ1n) is 11.9. The highest BCUT2D eigenvalue weighted by molar-refractivity contribution is 5.88. The van der Waals surface area contributed by atoms with Crippen LogP contribution in [0, 0.1) is 5.82 Å². The van der Waals surface area contributed by atoms with Gasteiger partial charge in [0, 0.05) is 10.9 Å². The van der Waals surface area contributed by atoms with E-state index in [1.54, 1.807) is 30.5 Å². The molecule has 0 saturated carbocycles. The minimum atomic E-state index is -2.85. The lowest BCUT2D eigenvalue weighted by molar-refractivity contribution is -0.0498. The maximum absolute atomic E-state index is 15.2. The summed E-state index contributed by atoms with van der Waals surface area (Å²) in [5.74, 6) is 0.619. The summed E-state index contributed by atoms with van der Waals surface area (Å²) < 4.78 is 49.9. The summed E-state index contributed by atoms with van der Waals surface area (Å²) >= 11 is 0. The topological polar surface area (TPSA) is 31.4 Å². The van der Waals surface area contributed by atoms with Crippen LogP contribution in [0.3, 0.4) is 0 Å². The lowest BCUT2D eigenvalue weighted by atomic mass is 9.98. The van der Waals surface area contributed by atoms with Crippen molar-refractivity contribution in [3.05, 3.63) is 89.9 Å². The molecular formula is C29H28F3NO2. The molecule has 35 heavy (non-hydrogen) atoms. The quantitative estimate of drug-likeness (QED) is 0.204. The highest BCUT2D eigenvalue weighted by atomic mass is 19.3. The number of hydrogen-bond acceptors (Lipinski definition) is 3. The Kier molecular flexibility index (Phi) is 8.24. The lowest BCUT2D eigenvalue weighted by Gasteiger charge is -2.10. The average molecular weight is 480 g/mol. The van der Waals surface area contributed by atoms with Gasteiger partial charge in [0.15, 0.2) is 0 Å². The van der Waals surface area contributed by atoms with Gasteiger partial charge in [-0.1, -0.05) is 56.2 Å². The minimum Gasteiger partial charge on any atom is -0.492 e. The molecule has 0 saturated heterocycles. The monoisotopic (exact) mass is 479 g/mol. The van der Waals surface area contributed by atoms with Crippen LogP contribution in [0.1, 0.15) is 37.3 Å². The van der Waals surface area contributed by atoms with Gasteiger partial charge in [0.05, 0.1) is 18.5 Å². The van der Waals surface area contributed by atoms with E-state index < -0.39 is 6.61 Å². The van der Waals surface area contributed by atoms with Crippen molar-refractivity contribution in [1.82, 2.24) is 4.98 Å². The normalized spacial score (nSPS) is 11.2. The van der Waals surface area contributed by atoms with Crippen LogP contribution < -0.4 is 9.47 Å². The van der Waals surface area contributed by atoms with Crippen molar-refractivity contribution in [3.63, 3.8) is 0 Å². The molecule has 0 unspecified atom stereocenters. The van der Waals surface area contributed by atoms with Crippen molar-refractivity contribution in [2.75, 3.05) is 6.61 Å². The first-order chi connectivity index (χ1) is 17.0. The molecule has 0 aliphatic carbocycles. The Hall–Kier alpha value is -3.54. The van der Waals surface area contributed by atoms with Crippen LogP contribution >= 0.6 is 0 Å². The van der Waals surface area contributed by atoms with Gasteiger partial charge in [0.2, 0.25) is 0 Å². The van der Waals surface area contributed by atoms with Gasteiger partial charge in [-0.3, -0.25) is 4.98 Å². The molecule has 182 valence electrons. The molecule has 1 aromatic heterocycles. The highest BCUT2D eigenvalue weighted by Gasteiger charge is 2.10. The van der Waals surface area contributed by atoms with Gasteiger partial charge >= 0.3 is 6.61 Å². The third-order valence-corrected chi connectivity index (χ3v) is 5.91. The largest absolute Gasteiger partial charge is 0.492 e. The summed E-state index contributed by atoms with van der Waals surface area (Å²) in [6.07, 6.45) is 6.14. The van der Waals surface area contributed by atoms with Gasteiger partial charge in [-0.2, -0.15) is 8.78 Å². The SMILES string of the molecule is CCCCCOc1ccc(-c2ccc3c(F)c(CCc4ccc(OC(F)F)cc4)ccc3c2)nc1. The molecule has 3 aromatic carbocycles. The molecule has 6 heteroatoms. The van der Waals surface area contributed by atoms with Crippen molar-refractivity contribution in [2.24, 2.45) is 0 Å². The summed E-state index contributed by atoms with van der Waals surface area (Å²) in [7, 11) is 0. The number of unbranched alkanes of at least 4 members (excludes halogenated alkanes) is 2. The molecule has 0 amide bonds. The molecule has 0 aliphatic rings. The number of aromatic nitrogens is 1. The summed E-state index contributed by atoms with van der Waals surface area (Å²) in [5.41, 5.74) is 3.25. The first kappa shape index (κ1) is 24.6. The van der Waals surface area contributed by atoms with E-state index in [-0.39, 0.29) is 11.6 Å². The fourth-order valence-corrected chi connectivity index (χ4v) is 3.98. The molecule has 3 nitrogen and oxygen atoms in total. The second kappa shape index (κ2) is 11.7. The third kappa shape index (κ3) is 6.53. The van der Waals surface area contributed by atoms with E-state index in [9.17, 15) is 8.78 Å². The molecule has 0 spiro atoms. The van der Waals surface area contributed by atoms with Crippen molar-refractivity contribution < 1.29 is 22.6 Å². The van der Waals surface area contributed by atoms with Gasteiger partial charge in [-0.15, -0.1) is 0 Å². The van der Waals surface area contributed by atoms with E-state index in [1.165, 1.54) is 12.1 Å². The Labute approximate surface area is 203 Å². The van der Waals surface area contributed by atoms with Crippen LogP contribution in [0.4, 0.5) is 13.2 Å². The summed E-state index contributed by atoms with van der Waals surface area (Å²) in [5, 5.41) is 1.36. The number of alkyl halides is 2. The molecule has 0 aliphatic heterocycles. The van der Waals surface area contributed by atoms with Gasteiger partial charge in [-0.05, 0) is 66.1 Å². The Bertz CT molecular complexity index is 1240. The van der Waals surface area contributed by atoms with E-state index in [0.717, 1.165) is 47.2 Å². The number of benzene rings is 3. The Balaban J connectivity index is 1.42. The minimum absolute atomic E-state index is 0.111. The number of pyridine rings is 1. The second-order valence-corrected chi connectivity index (χ2v) is 8.43. The van der Waals surface area contributed by atoms with Crippen molar-refractivity contribution in [1.29, 1.82) is 0 Å². The third-order valence-electron chi connectivity index (χ3n) is 5.91. The molecule has 0 N–H and O–H groups in total. The Morgan fingerprint density at radius 3 is 2.37 bits per heavy atom. The molecule has 0 radical (unpaired) electrons. The number of fused-ring (bicyclic) bond motifs is 1. The maximum atomic E-state index is 15.2. The van der Waals surface area contributed by atoms with Gasteiger partial charge in [-0.25, -0.2) is 4.39 Å². The molecular weight excluding hydrogens is 451 g/mol. The standard InChI is InChI=1S/C29H28F3NO2/c1-2-3-4-17-34-25-14-16-27(33-19-25)23-11-15-26-22(18-23)10-9-21(28(26)30)8-5-20-6-12-24(13-7-20)35-29(31)32/h6-7,9-16,18-19,29H,2-5,8,17H2,1H3. The number of hydrogen-bond donors (Lipinski definition) is 0. The zero-order valence-corrected chi connectivity index (χ0v) is 19.6. The maximum Gasteiger partial charge on any atom is 0.387 e. The fraction of sp³-hybridized carbons (Fsp3) is 0.276. The van der Waals surface area contributed by atoms with Crippen LogP contribution in [0.25, 0.3) is 22.0 Å². The van der Waals surface area contributed by atoms with Gasteiger partial charge < -0.3 is 9.47 Å². The highest BCUT2D eigenvalue weighted by Crippen LogP contribution is 2.28. The van der Waals surface area contributed by atoms with Crippen LogP contribution in [0.5, 0.6) is 11.5 Å². The molecule has 4 aromatic rings. The predicted octanol–water partition coefficient (Wildman–Crippen LogP) is 8.00. The zero-order chi connectivity index (χ0) is 24.6. The van der Waals surface area contributed by atoms with Crippen LogP contribution in [-0.4, -0.2) is 18.2 Å². The van der Waals surface area contributed by atoms with Crippen LogP contribution in [0.15, 0.2) is 72.9 Å².